The van der Waals surface area contributed by atoms with E-state index in [0.717, 1.165) is 36.3 Å². The van der Waals surface area contributed by atoms with Crippen molar-refractivity contribution in [3.05, 3.63) is 59.7 Å². The highest BCUT2D eigenvalue weighted by Crippen LogP contribution is 2.32. The number of carbonyl (C=O) groups is 1. The molecule has 3 rings (SSSR count). The molecular formula is C21H23F3N2O2. The predicted octanol–water partition coefficient (Wildman–Crippen LogP) is 4.71. The van der Waals surface area contributed by atoms with Gasteiger partial charge in [-0.1, -0.05) is 12.1 Å². The van der Waals surface area contributed by atoms with Gasteiger partial charge in [0, 0.05) is 18.3 Å². The number of alkyl halides is 3. The molecule has 0 bridgehead atoms. The maximum Gasteiger partial charge on any atom is 0.416 e. The zero-order valence-corrected chi connectivity index (χ0v) is 15.8. The fourth-order valence-corrected chi connectivity index (χ4v) is 3.07. The van der Waals surface area contributed by atoms with Crippen LogP contribution in [0.4, 0.5) is 18.9 Å². The van der Waals surface area contributed by atoms with Gasteiger partial charge in [0.2, 0.25) is 5.91 Å². The molecule has 1 amide bonds. The Balaban J connectivity index is 1.65. The van der Waals surface area contributed by atoms with E-state index in [2.05, 4.69) is 10.2 Å². The van der Waals surface area contributed by atoms with Gasteiger partial charge in [0.05, 0.1) is 18.7 Å². The Kier molecular flexibility index (Phi) is 5.93. The second kappa shape index (κ2) is 8.22. The van der Waals surface area contributed by atoms with Gasteiger partial charge in [0.25, 0.3) is 0 Å². The smallest absolute Gasteiger partial charge is 0.416 e. The number of nitrogens with one attached hydrogen (secondary N) is 1. The highest BCUT2D eigenvalue weighted by Gasteiger charge is 2.35. The van der Waals surface area contributed by atoms with E-state index < -0.39 is 17.8 Å². The van der Waals surface area contributed by atoms with E-state index in [9.17, 15) is 18.0 Å². The number of halogens is 3. The van der Waals surface area contributed by atoms with Crippen molar-refractivity contribution in [3.8, 4) is 5.75 Å². The number of carbonyl (C=O) groups excluding carboxylic acids is 1. The summed E-state index contributed by atoms with van der Waals surface area (Å²) >= 11 is 0. The van der Waals surface area contributed by atoms with Gasteiger partial charge in [0.15, 0.2) is 0 Å². The Morgan fingerprint density at radius 2 is 1.75 bits per heavy atom. The molecule has 0 heterocycles. The first-order valence-electron chi connectivity index (χ1n) is 9.14. The van der Waals surface area contributed by atoms with Gasteiger partial charge in [-0.2, -0.15) is 13.2 Å². The first-order valence-corrected chi connectivity index (χ1v) is 9.14. The third-order valence-electron chi connectivity index (χ3n) is 4.90. The maximum atomic E-state index is 12.7. The zero-order chi connectivity index (χ0) is 20.3. The predicted molar refractivity (Wildman–Crippen MR) is 101 cm³/mol. The van der Waals surface area contributed by atoms with Gasteiger partial charge in [-0.15, -0.1) is 0 Å². The lowest BCUT2D eigenvalue weighted by Gasteiger charge is -2.28. The van der Waals surface area contributed by atoms with Crippen LogP contribution in [-0.4, -0.2) is 30.0 Å². The summed E-state index contributed by atoms with van der Waals surface area (Å²) in [6.07, 6.45) is -2.32. The summed E-state index contributed by atoms with van der Waals surface area (Å²) in [6.45, 7) is 2.44. The number of benzene rings is 2. The fourth-order valence-electron chi connectivity index (χ4n) is 3.07. The van der Waals surface area contributed by atoms with E-state index in [1.54, 1.807) is 7.11 Å². The van der Waals surface area contributed by atoms with Crippen LogP contribution in [0.5, 0.6) is 5.75 Å². The van der Waals surface area contributed by atoms with Crippen molar-refractivity contribution in [3.63, 3.8) is 0 Å². The molecule has 0 aliphatic heterocycles. The Labute approximate surface area is 162 Å². The van der Waals surface area contributed by atoms with Crippen LogP contribution in [0.15, 0.2) is 48.5 Å². The number of anilines is 1. The van der Waals surface area contributed by atoms with Crippen molar-refractivity contribution in [1.29, 1.82) is 0 Å². The standard InChI is InChI=1S/C21H23F3N2O2/c1-14(20(27)25-17-7-5-16(6-8-17)21(22,23)24)26(18-9-10-18)13-15-3-11-19(28-2)12-4-15/h3-8,11-12,14,18H,9-10,13H2,1-2H3,(H,25,27)/t14-/m1/s1. The number of amides is 1. The van der Waals surface area contributed by atoms with Crippen LogP contribution in [0.2, 0.25) is 0 Å². The van der Waals surface area contributed by atoms with Crippen LogP contribution >= 0.6 is 0 Å². The molecule has 0 aromatic heterocycles. The molecule has 0 saturated heterocycles. The average molecular weight is 392 g/mol. The Hall–Kier alpha value is -2.54. The molecule has 2 aromatic rings. The number of nitrogens with zero attached hydrogens (tertiary/aromatic N) is 1. The SMILES string of the molecule is COc1ccc(CN(C2CC2)[C@H](C)C(=O)Nc2ccc(C(F)(F)F)cc2)cc1. The number of ether oxygens (including phenoxy) is 1. The van der Waals surface area contributed by atoms with Crippen molar-refractivity contribution in [2.45, 2.75) is 44.6 Å². The second-order valence-corrected chi connectivity index (χ2v) is 6.99. The van der Waals surface area contributed by atoms with Crippen LogP contribution < -0.4 is 10.1 Å². The van der Waals surface area contributed by atoms with E-state index in [0.29, 0.717) is 18.3 Å². The Bertz CT molecular complexity index is 800. The summed E-state index contributed by atoms with van der Waals surface area (Å²) in [5, 5.41) is 2.72. The summed E-state index contributed by atoms with van der Waals surface area (Å²) in [6, 6.07) is 12.1. The molecule has 2 aromatic carbocycles. The van der Waals surface area contributed by atoms with Crippen LogP contribution in [-0.2, 0) is 17.5 Å². The number of rotatable bonds is 7. The monoisotopic (exact) mass is 392 g/mol. The van der Waals surface area contributed by atoms with Gasteiger partial charge in [-0.25, -0.2) is 0 Å². The Morgan fingerprint density at radius 1 is 1.14 bits per heavy atom. The maximum absolute atomic E-state index is 12.7. The van der Waals surface area contributed by atoms with Crippen molar-refractivity contribution in [1.82, 2.24) is 4.90 Å². The minimum atomic E-state index is -4.39. The van der Waals surface area contributed by atoms with Crippen molar-refractivity contribution >= 4 is 11.6 Å². The zero-order valence-electron chi connectivity index (χ0n) is 15.8. The normalized spacial score (nSPS) is 15.4. The van der Waals surface area contributed by atoms with E-state index in [-0.39, 0.29) is 5.91 Å². The van der Waals surface area contributed by atoms with Crippen molar-refractivity contribution in [2.24, 2.45) is 0 Å². The molecule has 0 unspecified atom stereocenters. The lowest BCUT2D eigenvalue weighted by atomic mass is 10.1. The third kappa shape index (κ3) is 5.04. The molecule has 1 aliphatic carbocycles. The van der Waals surface area contributed by atoms with Gasteiger partial charge in [0.1, 0.15) is 5.75 Å². The summed E-state index contributed by atoms with van der Waals surface area (Å²) in [5.41, 5.74) is 0.685. The molecule has 0 radical (unpaired) electrons. The minimum absolute atomic E-state index is 0.236. The topological polar surface area (TPSA) is 41.6 Å². The van der Waals surface area contributed by atoms with Gasteiger partial charge < -0.3 is 10.1 Å². The molecule has 4 nitrogen and oxygen atoms in total. The molecule has 1 fully saturated rings. The molecule has 1 N–H and O–H groups in total. The molecular weight excluding hydrogens is 369 g/mol. The molecule has 1 aliphatic rings. The third-order valence-corrected chi connectivity index (χ3v) is 4.90. The quantitative estimate of drug-likeness (QED) is 0.742. The molecule has 28 heavy (non-hydrogen) atoms. The molecule has 0 spiro atoms. The van der Waals surface area contributed by atoms with Gasteiger partial charge in [-0.3, -0.25) is 9.69 Å². The van der Waals surface area contributed by atoms with Crippen LogP contribution in [0.1, 0.15) is 30.9 Å². The summed E-state index contributed by atoms with van der Waals surface area (Å²) in [5.74, 6) is 0.537. The van der Waals surface area contributed by atoms with E-state index in [4.69, 9.17) is 4.74 Å². The number of hydrogen-bond donors (Lipinski definition) is 1. The summed E-state index contributed by atoms with van der Waals surface area (Å²) in [7, 11) is 1.61. The number of methoxy groups -OCH3 is 1. The largest absolute Gasteiger partial charge is 0.497 e. The minimum Gasteiger partial charge on any atom is -0.497 e. The summed E-state index contributed by atoms with van der Waals surface area (Å²) < 4.78 is 43.2. The van der Waals surface area contributed by atoms with E-state index in [1.807, 2.05) is 31.2 Å². The average Bonchev–Trinajstić information content (AvgIpc) is 3.51. The van der Waals surface area contributed by atoms with E-state index in [1.165, 1.54) is 12.1 Å². The van der Waals surface area contributed by atoms with E-state index >= 15 is 0 Å². The molecule has 150 valence electrons. The second-order valence-electron chi connectivity index (χ2n) is 6.99. The Morgan fingerprint density at radius 3 is 2.25 bits per heavy atom. The fraction of sp³-hybridized carbons (Fsp3) is 0.381. The molecule has 7 heteroatoms. The lowest BCUT2D eigenvalue weighted by molar-refractivity contribution is -0.137. The molecule has 1 saturated carbocycles. The van der Waals surface area contributed by atoms with Gasteiger partial charge >= 0.3 is 6.18 Å². The first kappa shape index (κ1) is 20.2. The number of hydrogen-bond acceptors (Lipinski definition) is 3. The van der Waals surface area contributed by atoms with Crippen LogP contribution in [0.3, 0.4) is 0 Å². The first-order chi connectivity index (χ1) is 13.3. The molecule has 1 atom stereocenters. The van der Waals surface area contributed by atoms with Gasteiger partial charge in [-0.05, 0) is 61.7 Å². The van der Waals surface area contributed by atoms with Crippen LogP contribution in [0, 0.1) is 0 Å². The van der Waals surface area contributed by atoms with Crippen molar-refractivity contribution in [2.75, 3.05) is 12.4 Å². The summed E-state index contributed by atoms with van der Waals surface area (Å²) in [4.78, 5) is 14.8. The van der Waals surface area contributed by atoms with Crippen LogP contribution in [0.25, 0.3) is 0 Å². The van der Waals surface area contributed by atoms with Crippen molar-refractivity contribution < 1.29 is 22.7 Å². The highest BCUT2D eigenvalue weighted by molar-refractivity contribution is 5.94. The highest BCUT2D eigenvalue weighted by atomic mass is 19.4. The lowest BCUT2D eigenvalue weighted by Crippen LogP contribution is -2.43.